The number of aliphatic imine (C=N–C) groups is 1. The Balaban J connectivity index is 1.84. The molecule has 3 rings (SSSR count). The fraction of sp³-hybridized carbons (Fsp3) is 0.364. The van der Waals surface area contributed by atoms with Gasteiger partial charge in [-0.1, -0.05) is 55.1 Å². The minimum Gasteiger partial charge on any atom is -0.326 e. The predicted octanol–water partition coefficient (Wildman–Crippen LogP) is 5.18. The third kappa shape index (κ3) is 5.99. The lowest BCUT2D eigenvalue weighted by atomic mass is 10.0. The van der Waals surface area contributed by atoms with Crippen LogP contribution in [0.5, 0.6) is 0 Å². The largest absolute Gasteiger partial charge is 0.326 e. The Morgan fingerprint density at radius 3 is 2.65 bits per heavy atom. The third-order valence-electron chi connectivity index (χ3n) is 5.12. The van der Waals surface area contributed by atoms with Gasteiger partial charge in [-0.25, -0.2) is 13.1 Å². The van der Waals surface area contributed by atoms with E-state index in [0.29, 0.717) is 29.6 Å². The Hall–Kier alpha value is -2.09. The first-order valence-electron chi connectivity index (χ1n) is 10.1. The number of benzene rings is 2. The number of carbonyl (C=O) groups is 1. The average Bonchev–Trinajstić information content (AvgIpc) is 2.71. The van der Waals surface area contributed by atoms with E-state index in [0.717, 1.165) is 35.5 Å². The molecule has 166 valence electrons. The van der Waals surface area contributed by atoms with Crippen molar-refractivity contribution in [1.29, 1.82) is 0 Å². The molecule has 0 saturated heterocycles. The van der Waals surface area contributed by atoms with E-state index in [2.05, 4.69) is 9.71 Å². The Bertz CT molecular complexity index is 1120. The molecular formula is C22H25Cl2N3O3S. The molecule has 0 unspecified atom stereocenters. The van der Waals surface area contributed by atoms with Gasteiger partial charge in [-0.15, -0.1) is 0 Å². The van der Waals surface area contributed by atoms with Gasteiger partial charge in [-0.3, -0.25) is 9.79 Å². The van der Waals surface area contributed by atoms with Gasteiger partial charge in [0.15, 0.2) is 0 Å². The third-order valence-corrected chi connectivity index (χ3v) is 7.03. The van der Waals surface area contributed by atoms with Gasteiger partial charge in [0.05, 0.1) is 18.8 Å². The summed E-state index contributed by atoms with van der Waals surface area (Å²) in [6.07, 6.45) is 2.23. The van der Waals surface area contributed by atoms with Crippen LogP contribution in [0.25, 0.3) is 0 Å². The van der Waals surface area contributed by atoms with Crippen LogP contribution in [-0.2, 0) is 23.1 Å². The van der Waals surface area contributed by atoms with E-state index in [-0.39, 0.29) is 11.3 Å². The van der Waals surface area contributed by atoms with Crippen LogP contribution in [0.15, 0.2) is 41.4 Å². The van der Waals surface area contributed by atoms with Crippen molar-refractivity contribution in [2.45, 2.75) is 46.2 Å². The summed E-state index contributed by atoms with van der Waals surface area (Å²) in [5.74, 6) is 0.0806. The highest BCUT2D eigenvalue weighted by molar-refractivity contribution is 7.90. The van der Waals surface area contributed by atoms with Crippen molar-refractivity contribution in [1.82, 2.24) is 4.72 Å². The molecule has 0 aliphatic carbocycles. The number of amides is 1. The van der Waals surface area contributed by atoms with Gasteiger partial charge >= 0.3 is 0 Å². The Morgan fingerprint density at radius 2 is 1.94 bits per heavy atom. The molecule has 31 heavy (non-hydrogen) atoms. The molecule has 1 heterocycles. The molecule has 0 aromatic heterocycles. The monoisotopic (exact) mass is 481 g/mol. The average molecular weight is 482 g/mol. The number of rotatable bonds is 8. The zero-order valence-corrected chi connectivity index (χ0v) is 19.8. The van der Waals surface area contributed by atoms with Crippen molar-refractivity contribution in [3.8, 4) is 0 Å². The summed E-state index contributed by atoms with van der Waals surface area (Å²) in [5, 5.41) is 1.09. The Labute approximate surface area is 193 Å². The molecule has 0 atom stereocenters. The molecule has 0 saturated carbocycles. The number of carbonyl (C=O) groups excluding carboxylic acids is 1. The molecule has 1 amide bonds. The second-order valence-corrected chi connectivity index (χ2v) is 10.2. The maximum Gasteiger partial charge on any atom is 0.264 e. The minimum atomic E-state index is -3.67. The lowest BCUT2D eigenvalue weighted by Crippen LogP contribution is -2.34. The number of anilines is 1. The number of hydrogen-bond donors (Lipinski definition) is 1. The second kappa shape index (κ2) is 10.0. The van der Waals surface area contributed by atoms with Gasteiger partial charge in [0.1, 0.15) is 5.84 Å². The summed E-state index contributed by atoms with van der Waals surface area (Å²) in [5.41, 5.74) is 2.88. The Kier molecular flexibility index (Phi) is 7.62. The van der Waals surface area contributed by atoms with E-state index in [1.165, 1.54) is 0 Å². The number of nitrogens with zero attached hydrogens (tertiary/aromatic N) is 2. The summed E-state index contributed by atoms with van der Waals surface area (Å²) in [7, 11) is -3.67. The van der Waals surface area contributed by atoms with Gasteiger partial charge < -0.3 is 4.90 Å². The highest BCUT2D eigenvalue weighted by Crippen LogP contribution is 2.31. The number of nitrogens with one attached hydrogen (secondary N) is 1. The van der Waals surface area contributed by atoms with Crippen LogP contribution in [0.3, 0.4) is 0 Å². The van der Waals surface area contributed by atoms with Crippen molar-refractivity contribution in [3.05, 3.63) is 63.1 Å². The number of hydrogen-bond acceptors (Lipinski definition) is 5. The molecule has 0 fully saturated rings. The highest BCUT2D eigenvalue weighted by atomic mass is 35.5. The van der Waals surface area contributed by atoms with Crippen molar-refractivity contribution in [2.75, 3.05) is 10.7 Å². The summed E-state index contributed by atoms with van der Waals surface area (Å²) in [6, 6.07) is 10.4. The summed E-state index contributed by atoms with van der Waals surface area (Å²) in [4.78, 5) is 19.1. The van der Waals surface area contributed by atoms with E-state index in [4.69, 9.17) is 23.2 Å². The number of amidine groups is 1. The van der Waals surface area contributed by atoms with Crippen molar-refractivity contribution in [2.24, 2.45) is 4.99 Å². The van der Waals surface area contributed by atoms with E-state index in [9.17, 15) is 13.2 Å². The summed E-state index contributed by atoms with van der Waals surface area (Å²) >= 11 is 12.4. The van der Waals surface area contributed by atoms with Gasteiger partial charge in [-0.05, 0) is 48.7 Å². The SMILES string of the molecule is CCCCCS(=O)(=O)NC(=O)c1ccc2c(c1)N(Cc1ccc(Cl)cc1Cl)C(C)=NC2. The summed E-state index contributed by atoms with van der Waals surface area (Å²) in [6.45, 7) is 4.81. The topological polar surface area (TPSA) is 78.8 Å². The van der Waals surface area contributed by atoms with E-state index >= 15 is 0 Å². The first-order chi connectivity index (χ1) is 14.7. The lowest BCUT2D eigenvalue weighted by molar-refractivity contribution is 0.0981. The zero-order chi connectivity index (χ0) is 22.6. The predicted molar refractivity (Wildman–Crippen MR) is 127 cm³/mol. The van der Waals surface area contributed by atoms with Crippen LogP contribution in [0.2, 0.25) is 10.0 Å². The molecule has 2 aromatic carbocycles. The maximum atomic E-state index is 12.6. The molecule has 0 spiro atoms. The van der Waals surface area contributed by atoms with E-state index in [1.54, 1.807) is 30.3 Å². The smallest absolute Gasteiger partial charge is 0.264 e. The molecule has 6 nitrogen and oxygen atoms in total. The molecule has 1 aliphatic heterocycles. The minimum absolute atomic E-state index is 0.0650. The second-order valence-electron chi connectivity index (χ2n) is 7.49. The lowest BCUT2D eigenvalue weighted by Gasteiger charge is -2.30. The van der Waals surface area contributed by atoms with Crippen LogP contribution in [0.4, 0.5) is 5.69 Å². The first-order valence-corrected chi connectivity index (χ1v) is 12.5. The van der Waals surface area contributed by atoms with Gasteiger partial charge in [0, 0.05) is 21.3 Å². The number of unbranched alkanes of at least 4 members (excludes halogenated alkanes) is 2. The van der Waals surface area contributed by atoms with Crippen molar-refractivity contribution in [3.63, 3.8) is 0 Å². The van der Waals surface area contributed by atoms with Crippen molar-refractivity contribution < 1.29 is 13.2 Å². The molecular weight excluding hydrogens is 457 g/mol. The van der Waals surface area contributed by atoms with Crippen LogP contribution in [0.1, 0.15) is 54.6 Å². The normalized spacial score (nSPS) is 13.5. The molecule has 9 heteroatoms. The fourth-order valence-corrected chi connectivity index (χ4v) is 4.92. The van der Waals surface area contributed by atoms with E-state index in [1.807, 2.05) is 24.8 Å². The maximum absolute atomic E-state index is 12.6. The van der Waals surface area contributed by atoms with Gasteiger partial charge in [-0.2, -0.15) is 0 Å². The quantitative estimate of drug-likeness (QED) is 0.526. The molecule has 0 bridgehead atoms. The van der Waals surface area contributed by atoms with E-state index < -0.39 is 15.9 Å². The number of sulfonamides is 1. The number of fused-ring (bicyclic) bond motifs is 1. The van der Waals surface area contributed by atoms with Crippen LogP contribution in [0, 0.1) is 0 Å². The standard InChI is InChI=1S/C22H25Cl2N3O3S/c1-3-4-5-10-31(29,30)26-22(28)16-6-7-17-13-25-15(2)27(21(17)11-16)14-18-8-9-19(23)12-20(18)24/h6-9,11-12H,3-5,10,13-14H2,1-2H3,(H,26,28). The fourth-order valence-electron chi connectivity index (χ4n) is 3.36. The molecule has 1 aliphatic rings. The molecule has 2 aromatic rings. The van der Waals surface area contributed by atoms with Crippen LogP contribution in [-0.4, -0.2) is 25.9 Å². The first kappa shape index (κ1) is 23.6. The van der Waals surface area contributed by atoms with Gasteiger partial charge in [0.2, 0.25) is 10.0 Å². The summed E-state index contributed by atoms with van der Waals surface area (Å²) < 4.78 is 26.6. The molecule has 1 N–H and O–H groups in total. The van der Waals surface area contributed by atoms with Crippen molar-refractivity contribution >= 4 is 50.7 Å². The zero-order valence-electron chi connectivity index (χ0n) is 17.5. The van der Waals surface area contributed by atoms with Gasteiger partial charge in [0.25, 0.3) is 5.91 Å². The number of halogens is 2. The van der Waals surface area contributed by atoms with Crippen LogP contribution < -0.4 is 9.62 Å². The Morgan fingerprint density at radius 1 is 1.16 bits per heavy atom. The van der Waals surface area contributed by atoms with Crippen LogP contribution >= 0.6 is 23.2 Å². The molecule has 0 radical (unpaired) electrons. The highest BCUT2D eigenvalue weighted by Gasteiger charge is 2.23.